The number of carboxylic acids is 2. The molecule has 2 atom stereocenters. The number of carbonyl (C=O) groups excluding carboxylic acids is 2. The molecular weight excluding hydrogens is 399 g/mol. The summed E-state index contributed by atoms with van der Waals surface area (Å²) in [5.74, 6) is -2.42. The van der Waals surface area contributed by atoms with Gasteiger partial charge in [-0.3, -0.25) is 0 Å². The molecule has 2 aromatic carbocycles. The van der Waals surface area contributed by atoms with Gasteiger partial charge in [0.15, 0.2) is 0 Å². The first-order valence-corrected chi connectivity index (χ1v) is 7.41. The van der Waals surface area contributed by atoms with Gasteiger partial charge in [0.1, 0.15) is 0 Å². The number of carbonyl (C=O) groups is 2. The Balaban J connectivity index is -0.000000384. The molecule has 152 valence electrons. The van der Waals surface area contributed by atoms with Crippen LogP contribution in [0.4, 0.5) is 0 Å². The molecule has 0 aliphatic carbocycles. The van der Waals surface area contributed by atoms with E-state index in [1.165, 1.54) is 0 Å². The van der Waals surface area contributed by atoms with Gasteiger partial charge in [0.05, 0.1) is 11.9 Å². The minimum atomic E-state index is -1.21. The smallest absolute Gasteiger partial charge is 0.548 e. The molecule has 0 bridgehead atoms. The topological polar surface area (TPSA) is 198 Å². The second-order valence-corrected chi connectivity index (χ2v) is 5.23. The van der Waals surface area contributed by atoms with Crippen LogP contribution in [0.2, 0.25) is 0 Å². The minimum Gasteiger partial charge on any atom is -0.548 e. The van der Waals surface area contributed by atoms with E-state index in [2.05, 4.69) is 0 Å². The Hall–Kier alpha value is -2.29. The standard InChI is InChI=1S/2C9H11NO2.Ni.2H2O/c2*10-8(9(11)12)6-7-4-2-1-3-5-7;;;/h2*1-5,8H,6,10H2,(H,11,12);;2*1H2/q;;+2;;/t2*8-;;;/m00.../s1. The minimum absolute atomic E-state index is 0. The Morgan fingerprint density at radius 1 is 0.704 bits per heavy atom. The van der Waals surface area contributed by atoms with Crippen LogP contribution in [0.1, 0.15) is 11.1 Å². The maximum Gasteiger partial charge on any atom is 2.00 e. The molecule has 0 fully saturated rings. The van der Waals surface area contributed by atoms with Crippen LogP contribution >= 0.6 is 0 Å². The third-order valence-electron chi connectivity index (χ3n) is 3.20. The number of carboxylic acid groups (broad SMARTS) is 2. The number of hydrogen-bond donors (Lipinski definition) is 2. The molecule has 0 aliphatic heterocycles. The van der Waals surface area contributed by atoms with Crippen molar-refractivity contribution in [3.05, 3.63) is 71.8 Å². The van der Waals surface area contributed by atoms with Crippen molar-refractivity contribution < 1.29 is 47.2 Å². The van der Waals surface area contributed by atoms with Crippen LogP contribution < -0.4 is 21.7 Å². The first-order valence-electron chi connectivity index (χ1n) is 7.41. The molecule has 9 heteroatoms. The summed E-state index contributed by atoms with van der Waals surface area (Å²) in [5, 5.41) is 20.5. The van der Waals surface area contributed by atoms with Crippen molar-refractivity contribution in [2.24, 2.45) is 11.5 Å². The third-order valence-corrected chi connectivity index (χ3v) is 3.20. The normalized spacial score (nSPS) is 11.0. The van der Waals surface area contributed by atoms with E-state index in [1.807, 2.05) is 60.7 Å². The van der Waals surface area contributed by atoms with Crippen LogP contribution in [0, 0.1) is 0 Å². The van der Waals surface area contributed by atoms with Crippen LogP contribution in [0.5, 0.6) is 0 Å². The Labute approximate surface area is 167 Å². The fourth-order valence-corrected chi connectivity index (χ4v) is 1.90. The van der Waals surface area contributed by atoms with Gasteiger partial charge in [-0.15, -0.1) is 0 Å². The van der Waals surface area contributed by atoms with Crippen LogP contribution in [-0.2, 0) is 49.9 Å². The maximum absolute atomic E-state index is 10.3. The van der Waals surface area contributed by atoms with Crippen LogP contribution in [0.25, 0.3) is 0 Å². The zero-order valence-corrected chi connectivity index (χ0v) is 15.6. The van der Waals surface area contributed by atoms with Gasteiger partial charge in [-0.25, -0.2) is 0 Å². The van der Waals surface area contributed by atoms with Crippen molar-refractivity contribution in [3.8, 4) is 0 Å². The van der Waals surface area contributed by atoms with Crippen molar-refractivity contribution in [1.29, 1.82) is 0 Å². The van der Waals surface area contributed by atoms with Crippen molar-refractivity contribution >= 4 is 11.9 Å². The molecule has 0 radical (unpaired) electrons. The molecule has 0 amide bonds. The summed E-state index contributed by atoms with van der Waals surface area (Å²) in [5.41, 5.74) is 12.4. The molecule has 0 spiro atoms. The van der Waals surface area contributed by atoms with E-state index >= 15 is 0 Å². The SMILES string of the molecule is N[C@@H](Cc1ccccc1)C(=O)[O-].N[C@@H](Cc1ccccc1)C(=O)[O-].[Ni+2].[OH3+].[OH3+]. The van der Waals surface area contributed by atoms with E-state index < -0.39 is 24.0 Å². The van der Waals surface area contributed by atoms with Crippen LogP contribution in [0.3, 0.4) is 0 Å². The summed E-state index contributed by atoms with van der Waals surface area (Å²) in [6.45, 7) is 0. The molecule has 2 rings (SSSR count). The second kappa shape index (κ2) is 15.9. The van der Waals surface area contributed by atoms with E-state index in [0.29, 0.717) is 12.8 Å². The summed E-state index contributed by atoms with van der Waals surface area (Å²) in [6.07, 6.45) is 0.645. The number of aliphatic carboxylic acids is 2. The first kappa shape index (κ1) is 29.5. The molecule has 8 nitrogen and oxygen atoms in total. The van der Waals surface area contributed by atoms with Crippen LogP contribution in [0.15, 0.2) is 60.7 Å². The Bertz CT molecular complexity index is 585. The fraction of sp³-hybridized carbons (Fsp3) is 0.222. The number of nitrogens with two attached hydrogens (primary N) is 2. The predicted molar refractivity (Wildman–Crippen MR) is 96.0 cm³/mol. The van der Waals surface area contributed by atoms with Crippen LogP contribution in [-0.4, -0.2) is 24.0 Å². The summed E-state index contributed by atoms with van der Waals surface area (Å²) in [4.78, 5) is 20.5. The maximum atomic E-state index is 10.3. The zero-order chi connectivity index (χ0) is 17.9. The van der Waals surface area contributed by atoms with Crippen molar-refractivity contribution in [2.45, 2.75) is 24.9 Å². The molecule has 10 N–H and O–H groups in total. The summed E-state index contributed by atoms with van der Waals surface area (Å²) < 4.78 is 0. The van der Waals surface area contributed by atoms with Gasteiger partial charge in [0, 0.05) is 12.1 Å². The first-order chi connectivity index (χ1) is 11.4. The molecule has 0 aromatic heterocycles. The molecule has 0 saturated heterocycles. The molecule has 0 saturated carbocycles. The number of hydrogen-bond acceptors (Lipinski definition) is 6. The van der Waals surface area contributed by atoms with Gasteiger partial charge < -0.3 is 42.2 Å². The summed E-state index contributed by atoms with van der Waals surface area (Å²) in [6, 6.07) is 16.6. The van der Waals surface area contributed by atoms with E-state index in [-0.39, 0.29) is 27.4 Å². The van der Waals surface area contributed by atoms with Crippen molar-refractivity contribution in [1.82, 2.24) is 0 Å². The number of benzene rings is 2. The van der Waals surface area contributed by atoms with Gasteiger partial charge in [0.2, 0.25) is 0 Å². The Kier molecular flexibility index (Phi) is 17.4. The van der Waals surface area contributed by atoms with E-state index in [4.69, 9.17) is 11.5 Å². The van der Waals surface area contributed by atoms with Gasteiger partial charge >= 0.3 is 16.5 Å². The molecule has 0 aliphatic rings. The summed E-state index contributed by atoms with van der Waals surface area (Å²) in [7, 11) is 0. The quantitative estimate of drug-likeness (QED) is 0.360. The van der Waals surface area contributed by atoms with Gasteiger partial charge in [0.25, 0.3) is 0 Å². The van der Waals surface area contributed by atoms with E-state index in [1.54, 1.807) is 0 Å². The van der Waals surface area contributed by atoms with Gasteiger partial charge in [-0.2, -0.15) is 0 Å². The monoisotopic (exact) mass is 424 g/mol. The van der Waals surface area contributed by atoms with E-state index in [9.17, 15) is 19.8 Å². The second-order valence-electron chi connectivity index (χ2n) is 5.23. The Morgan fingerprint density at radius 2 is 0.963 bits per heavy atom. The fourth-order valence-electron chi connectivity index (χ4n) is 1.90. The average Bonchev–Trinajstić information content (AvgIpc) is 2.57. The molecule has 2 aromatic rings. The number of rotatable bonds is 6. The molecule has 0 heterocycles. The van der Waals surface area contributed by atoms with Crippen molar-refractivity contribution in [3.63, 3.8) is 0 Å². The zero-order valence-electron chi connectivity index (χ0n) is 14.6. The van der Waals surface area contributed by atoms with Crippen molar-refractivity contribution in [2.75, 3.05) is 0 Å². The summed E-state index contributed by atoms with van der Waals surface area (Å²) >= 11 is 0. The predicted octanol–water partition coefficient (Wildman–Crippen LogP) is -3.23. The Morgan fingerprint density at radius 3 is 1.19 bits per heavy atom. The van der Waals surface area contributed by atoms with Gasteiger partial charge in [-0.05, 0) is 24.0 Å². The molecular formula is C18H26N2NiO6+2. The largest absolute Gasteiger partial charge is 2.00 e. The van der Waals surface area contributed by atoms with E-state index in [0.717, 1.165) is 11.1 Å². The average molecular weight is 425 g/mol. The van der Waals surface area contributed by atoms with Gasteiger partial charge in [-0.1, -0.05) is 60.7 Å². The molecule has 0 unspecified atom stereocenters. The third kappa shape index (κ3) is 12.7. The molecule has 27 heavy (non-hydrogen) atoms.